The number of carbonyl (C=O) groups is 2. The van der Waals surface area contributed by atoms with E-state index in [-0.39, 0.29) is 12.5 Å². The van der Waals surface area contributed by atoms with E-state index in [2.05, 4.69) is 20.6 Å². The van der Waals surface area contributed by atoms with Crippen LogP contribution in [0.1, 0.15) is 15.9 Å². The van der Waals surface area contributed by atoms with Crippen LogP contribution in [0.25, 0.3) is 0 Å². The van der Waals surface area contributed by atoms with E-state index in [4.69, 9.17) is 5.11 Å². The molecule has 20 heavy (non-hydrogen) atoms. The molecule has 2 aromatic rings. The Morgan fingerprint density at radius 3 is 2.50 bits per heavy atom. The number of anilines is 1. The average molecular weight is 272 g/mol. The summed E-state index contributed by atoms with van der Waals surface area (Å²) >= 11 is 0. The predicted molar refractivity (Wildman–Crippen MR) is 71.3 cm³/mol. The Morgan fingerprint density at radius 1 is 1.15 bits per heavy atom. The van der Waals surface area contributed by atoms with Crippen LogP contribution in [0.5, 0.6) is 0 Å². The molecule has 0 saturated heterocycles. The minimum absolute atomic E-state index is 0.196. The van der Waals surface area contributed by atoms with Crippen LogP contribution in [-0.4, -0.2) is 27.1 Å². The van der Waals surface area contributed by atoms with Crippen molar-refractivity contribution in [3.05, 3.63) is 54.0 Å². The molecule has 2 amide bonds. The second-order valence-electron chi connectivity index (χ2n) is 3.90. The number of aromatic nitrogens is 2. The molecule has 1 heterocycles. The third-order valence-electron chi connectivity index (χ3n) is 2.46. The van der Waals surface area contributed by atoms with Crippen LogP contribution in [0.2, 0.25) is 0 Å². The Bertz CT molecular complexity index is 599. The molecular formula is C13H12N4O3. The molecule has 0 aliphatic carbocycles. The van der Waals surface area contributed by atoms with Crippen LogP contribution < -0.4 is 10.6 Å². The lowest BCUT2D eigenvalue weighted by Crippen LogP contribution is -2.20. The first-order chi connectivity index (χ1) is 9.65. The van der Waals surface area contributed by atoms with Crippen molar-refractivity contribution in [2.45, 2.75) is 6.54 Å². The van der Waals surface area contributed by atoms with Crippen LogP contribution >= 0.6 is 0 Å². The quantitative estimate of drug-likeness (QED) is 0.782. The zero-order valence-electron chi connectivity index (χ0n) is 10.4. The Labute approximate surface area is 114 Å². The van der Waals surface area contributed by atoms with Crippen LogP contribution in [0.15, 0.2) is 42.9 Å². The number of hydrogen-bond donors (Lipinski definition) is 3. The van der Waals surface area contributed by atoms with Crippen LogP contribution in [0, 0.1) is 0 Å². The highest BCUT2D eigenvalue weighted by molar-refractivity contribution is 6.03. The Morgan fingerprint density at radius 2 is 1.90 bits per heavy atom. The number of amides is 2. The second-order valence-corrected chi connectivity index (χ2v) is 3.90. The summed E-state index contributed by atoms with van der Waals surface area (Å²) in [6.07, 6.45) is 3.36. The van der Waals surface area contributed by atoms with Gasteiger partial charge >= 0.3 is 6.09 Å². The molecule has 1 aromatic carbocycles. The number of carboxylic acid groups (broad SMARTS) is 1. The van der Waals surface area contributed by atoms with Gasteiger partial charge in [-0.05, 0) is 17.7 Å². The summed E-state index contributed by atoms with van der Waals surface area (Å²) in [5.74, 6) is 0.0670. The van der Waals surface area contributed by atoms with Crippen molar-refractivity contribution in [1.82, 2.24) is 15.3 Å². The summed E-state index contributed by atoms with van der Waals surface area (Å²) in [6.45, 7) is 0.196. The van der Waals surface area contributed by atoms with Crippen LogP contribution in [0.4, 0.5) is 10.6 Å². The molecule has 7 heteroatoms. The molecule has 0 saturated carbocycles. The van der Waals surface area contributed by atoms with Gasteiger partial charge in [0, 0.05) is 24.5 Å². The van der Waals surface area contributed by atoms with E-state index in [0.29, 0.717) is 11.4 Å². The summed E-state index contributed by atoms with van der Waals surface area (Å²) in [7, 11) is 0. The summed E-state index contributed by atoms with van der Waals surface area (Å²) in [5, 5.41) is 13.3. The fraction of sp³-hybridized carbons (Fsp3) is 0.0769. The van der Waals surface area contributed by atoms with E-state index >= 15 is 0 Å². The van der Waals surface area contributed by atoms with E-state index in [0.717, 1.165) is 5.56 Å². The molecule has 0 radical (unpaired) electrons. The highest BCUT2D eigenvalue weighted by Crippen LogP contribution is 2.07. The molecule has 0 aliphatic heterocycles. The van der Waals surface area contributed by atoms with Crippen molar-refractivity contribution in [2.24, 2.45) is 0 Å². The van der Waals surface area contributed by atoms with Crippen LogP contribution in [0.3, 0.4) is 0 Å². The fourth-order valence-electron chi connectivity index (χ4n) is 1.50. The second kappa shape index (κ2) is 6.28. The molecular weight excluding hydrogens is 260 g/mol. The van der Waals surface area contributed by atoms with Gasteiger partial charge in [0.1, 0.15) is 0 Å². The van der Waals surface area contributed by atoms with E-state index in [9.17, 15) is 9.59 Å². The summed E-state index contributed by atoms with van der Waals surface area (Å²) < 4.78 is 0. The number of nitrogens with one attached hydrogen (secondary N) is 2. The standard InChI is InChI=1S/C13H12N4O3/c18-12(17-11-8-14-5-6-15-11)10-3-1-9(2-4-10)7-16-13(19)20/h1-6,8,16H,7H2,(H,19,20)(H,15,17,18). The van der Waals surface area contributed by atoms with Gasteiger partial charge in [-0.2, -0.15) is 0 Å². The van der Waals surface area contributed by atoms with Crippen molar-refractivity contribution >= 4 is 17.8 Å². The number of nitrogens with zero attached hydrogens (tertiary/aromatic N) is 2. The van der Waals surface area contributed by atoms with Gasteiger partial charge in [-0.15, -0.1) is 0 Å². The summed E-state index contributed by atoms with van der Waals surface area (Å²) in [5.41, 5.74) is 1.22. The maximum Gasteiger partial charge on any atom is 0.404 e. The van der Waals surface area contributed by atoms with Gasteiger partial charge in [-0.3, -0.25) is 9.78 Å². The molecule has 0 spiro atoms. The molecule has 1 aromatic heterocycles. The van der Waals surface area contributed by atoms with Crippen LogP contribution in [-0.2, 0) is 6.54 Å². The number of benzene rings is 1. The first-order valence-corrected chi connectivity index (χ1v) is 5.78. The largest absolute Gasteiger partial charge is 0.465 e. The van der Waals surface area contributed by atoms with Gasteiger partial charge in [0.15, 0.2) is 5.82 Å². The van der Waals surface area contributed by atoms with Crippen molar-refractivity contribution in [3.63, 3.8) is 0 Å². The van der Waals surface area contributed by atoms with Gasteiger partial charge in [-0.1, -0.05) is 12.1 Å². The minimum atomic E-state index is -1.09. The zero-order chi connectivity index (χ0) is 14.4. The SMILES string of the molecule is O=C(O)NCc1ccc(C(=O)Nc2cnccn2)cc1. The number of rotatable bonds is 4. The molecule has 0 fully saturated rings. The Hall–Kier alpha value is -2.96. The van der Waals surface area contributed by atoms with Crippen molar-refractivity contribution in [3.8, 4) is 0 Å². The number of carbonyl (C=O) groups excluding carboxylic acids is 1. The molecule has 102 valence electrons. The lowest BCUT2D eigenvalue weighted by Gasteiger charge is -2.05. The van der Waals surface area contributed by atoms with Gasteiger partial charge in [0.25, 0.3) is 5.91 Å². The number of hydrogen-bond acceptors (Lipinski definition) is 4. The van der Waals surface area contributed by atoms with Crippen molar-refractivity contribution in [1.29, 1.82) is 0 Å². The normalized spacial score (nSPS) is 9.80. The van der Waals surface area contributed by atoms with E-state index in [1.54, 1.807) is 24.3 Å². The van der Waals surface area contributed by atoms with E-state index in [1.807, 2.05) is 0 Å². The third-order valence-corrected chi connectivity index (χ3v) is 2.46. The zero-order valence-corrected chi connectivity index (χ0v) is 10.4. The highest BCUT2D eigenvalue weighted by atomic mass is 16.4. The maximum absolute atomic E-state index is 11.9. The van der Waals surface area contributed by atoms with Gasteiger partial charge in [-0.25, -0.2) is 9.78 Å². The molecule has 0 atom stereocenters. The fourth-order valence-corrected chi connectivity index (χ4v) is 1.50. The third kappa shape index (κ3) is 3.77. The smallest absolute Gasteiger partial charge is 0.404 e. The lowest BCUT2D eigenvalue weighted by molar-refractivity contribution is 0.102. The predicted octanol–water partition coefficient (Wildman–Crippen LogP) is 1.50. The molecule has 7 nitrogen and oxygen atoms in total. The van der Waals surface area contributed by atoms with Crippen molar-refractivity contribution in [2.75, 3.05) is 5.32 Å². The maximum atomic E-state index is 11.9. The highest BCUT2D eigenvalue weighted by Gasteiger charge is 2.06. The average Bonchev–Trinajstić information content (AvgIpc) is 2.46. The molecule has 0 unspecified atom stereocenters. The van der Waals surface area contributed by atoms with Gasteiger partial charge < -0.3 is 15.7 Å². The molecule has 0 aliphatic rings. The molecule has 0 bridgehead atoms. The summed E-state index contributed by atoms with van der Waals surface area (Å²) in [6, 6.07) is 6.60. The van der Waals surface area contributed by atoms with Crippen molar-refractivity contribution < 1.29 is 14.7 Å². The first-order valence-electron chi connectivity index (χ1n) is 5.78. The molecule has 3 N–H and O–H groups in total. The summed E-state index contributed by atoms with van der Waals surface area (Å²) in [4.78, 5) is 30.1. The first kappa shape index (κ1) is 13.5. The topological polar surface area (TPSA) is 104 Å². The van der Waals surface area contributed by atoms with E-state index < -0.39 is 6.09 Å². The monoisotopic (exact) mass is 272 g/mol. The lowest BCUT2D eigenvalue weighted by atomic mass is 10.1. The molecule has 2 rings (SSSR count). The van der Waals surface area contributed by atoms with Gasteiger partial charge in [0.05, 0.1) is 6.20 Å². The van der Waals surface area contributed by atoms with Gasteiger partial charge in [0.2, 0.25) is 0 Å². The Kier molecular flexibility index (Phi) is 4.23. The minimum Gasteiger partial charge on any atom is -0.465 e. The Balaban J connectivity index is 1.99. The van der Waals surface area contributed by atoms with E-state index in [1.165, 1.54) is 18.6 Å².